The second-order valence-corrected chi connectivity index (χ2v) is 9.95. The molecule has 1 aliphatic heterocycles. The summed E-state index contributed by atoms with van der Waals surface area (Å²) in [4.78, 5) is 21.3. The number of aromatic nitrogens is 5. The number of hydrogen-bond acceptors (Lipinski definition) is 7. The number of hydrogen-bond donors (Lipinski definition) is 1. The first-order chi connectivity index (χ1) is 19.1. The highest BCUT2D eigenvalue weighted by Gasteiger charge is 2.32. The number of piperazine rings is 1. The van der Waals surface area contributed by atoms with Gasteiger partial charge in [-0.05, 0) is 70.8 Å². The van der Waals surface area contributed by atoms with Crippen molar-refractivity contribution in [3.8, 4) is 5.75 Å². The highest BCUT2D eigenvalue weighted by molar-refractivity contribution is 5.79. The van der Waals surface area contributed by atoms with Gasteiger partial charge in [-0.1, -0.05) is 42.0 Å². The maximum Gasteiger partial charge on any atom is 0.253 e. The predicted octanol–water partition coefficient (Wildman–Crippen LogP) is 3.79. The topological polar surface area (TPSA) is 92.2 Å². The summed E-state index contributed by atoms with van der Waals surface area (Å²) in [6, 6.07) is 26.0. The van der Waals surface area contributed by atoms with Crippen LogP contribution in [0.25, 0.3) is 10.9 Å². The Kier molecular flexibility index (Phi) is 6.81. The summed E-state index contributed by atoms with van der Waals surface area (Å²) >= 11 is 0. The van der Waals surface area contributed by atoms with Crippen LogP contribution in [-0.4, -0.2) is 63.4 Å². The Hall–Kier alpha value is -4.50. The SMILES string of the molecule is COc1ccc(Cn2nnnc2C(c2cc3cc(C)ccc3[nH]c2=O)N2CCN(c3ccccc3)CC2)cc1. The maximum atomic E-state index is 13.5. The van der Waals surface area contributed by atoms with E-state index in [-0.39, 0.29) is 5.56 Å². The van der Waals surface area contributed by atoms with Crippen molar-refractivity contribution in [2.75, 3.05) is 38.2 Å². The van der Waals surface area contributed by atoms with E-state index in [4.69, 9.17) is 4.74 Å². The van der Waals surface area contributed by atoms with Gasteiger partial charge < -0.3 is 14.6 Å². The number of methoxy groups -OCH3 is 1. The minimum absolute atomic E-state index is 0.124. The summed E-state index contributed by atoms with van der Waals surface area (Å²) in [7, 11) is 1.65. The zero-order chi connectivity index (χ0) is 26.8. The first-order valence-corrected chi connectivity index (χ1v) is 13.2. The molecule has 2 aromatic heterocycles. The number of nitrogens with zero attached hydrogens (tertiary/aromatic N) is 6. The summed E-state index contributed by atoms with van der Waals surface area (Å²) in [5, 5.41) is 13.9. The van der Waals surface area contributed by atoms with E-state index < -0.39 is 6.04 Å². The van der Waals surface area contributed by atoms with Gasteiger partial charge in [0.2, 0.25) is 0 Å². The smallest absolute Gasteiger partial charge is 0.253 e. The number of pyridine rings is 1. The molecule has 6 rings (SSSR count). The zero-order valence-electron chi connectivity index (χ0n) is 22.1. The van der Waals surface area contributed by atoms with Crippen molar-refractivity contribution in [3.05, 3.63) is 112 Å². The zero-order valence-corrected chi connectivity index (χ0v) is 22.1. The molecular formula is C30H31N7O2. The predicted molar refractivity (Wildman–Crippen MR) is 151 cm³/mol. The quantitative estimate of drug-likeness (QED) is 0.348. The molecule has 0 spiro atoms. The molecule has 0 saturated carbocycles. The lowest BCUT2D eigenvalue weighted by atomic mass is 10.0. The molecule has 3 aromatic carbocycles. The van der Waals surface area contributed by atoms with Gasteiger partial charge >= 0.3 is 0 Å². The van der Waals surface area contributed by atoms with Crippen LogP contribution in [0, 0.1) is 6.92 Å². The average molecular weight is 522 g/mol. The number of para-hydroxylation sites is 1. The largest absolute Gasteiger partial charge is 0.497 e. The third-order valence-corrected chi connectivity index (χ3v) is 7.42. The summed E-state index contributed by atoms with van der Waals surface area (Å²) < 4.78 is 7.11. The van der Waals surface area contributed by atoms with Crippen molar-refractivity contribution >= 4 is 16.6 Å². The Morgan fingerprint density at radius 2 is 1.72 bits per heavy atom. The molecule has 1 fully saturated rings. The van der Waals surface area contributed by atoms with Crippen LogP contribution in [0.15, 0.2) is 83.7 Å². The summed E-state index contributed by atoms with van der Waals surface area (Å²) in [6.45, 7) is 5.74. The molecule has 1 aliphatic rings. The van der Waals surface area contributed by atoms with Crippen molar-refractivity contribution in [3.63, 3.8) is 0 Å². The molecule has 0 amide bonds. The number of ether oxygens (including phenoxy) is 1. The van der Waals surface area contributed by atoms with E-state index in [2.05, 4.69) is 67.6 Å². The van der Waals surface area contributed by atoms with Gasteiger partial charge in [-0.25, -0.2) is 4.68 Å². The van der Waals surface area contributed by atoms with Gasteiger partial charge in [-0.3, -0.25) is 9.69 Å². The standard InChI is InChI=1S/C30H31N7O2/c1-21-8-13-27-23(18-21)19-26(30(38)31-27)28(36-16-14-35(15-17-36)24-6-4-3-5-7-24)29-32-33-34-37(29)20-22-9-11-25(39-2)12-10-22/h3-13,18-19,28H,14-17,20H2,1-2H3,(H,31,38). The number of H-pyrrole nitrogens is 1. The summed E-state index contributed by atoms with van der Waals surface area (Å²) in [5.74, 6) is 1.44. The lowest BCUT2D eigenvalue weighted by Crippen LogP contribution is -2.49. The molecular weight excluding hydrogens is 490 g/mol. The monoisotopic (exact) mass is 521 g/mol. The van der Waals surface area contributed by atoms with Crippen molar-refractivity contribution < 1.29 is 4.74 Å². The second-order valence-electron chi connectivity index (χ2n) is 9.95. The first-order valence-electron chi connectivity index (χ1n) is 13.2. The number of anilines is 1. The molecule has 1 atom stereocenters. The molecule has 0 aliphatic carbocycles. The maximum absolute atomic E-state index is 13.5. The van der Waals surface area contributed by atoms with E-state index in [1.807, 2.05) is 48.5 Å². The van der Waals surface area contributed by atoms with E-state index >= 15 is 0 Å². The third kappa shape index (κ3) is 5.13. The molecule has 0 radical (unpaired) electrons. The number of fused-ring (bicyclic) bond motifs is 1. The molecule has 1 N–H and O–H groups in total. The van der Waals surface area contributed by atoms with Crippen LogP contribution in [0.3, 0.4) is 0 Å². The van der Waals surface area contributed by atoms with E-state index in [9.17, 15) is 4.79 Å². The number of benzene rings is 3. The van der Waals surface area contributed by atoms with Gasteiger partial charge in [0.05, 0.1) is 13.7 Å². The van der Waals surface area contributed by atoms with Gasteiger partial charge in [0.15, 0.2) is 5.82 Å². The Morgan fingerprint density at radius 3 is 2.46 bits per heavy atom. The fourth-order valence-electron chi connectivity index (χ4n) is 5.35. The lowest BCUT2D eigenvalue weighted by Gasteiger charge is -2.39. The molecule has 9 heteroatoms. The van der Waals surface area contributed by atoms with E-state index in [1.54, 1.807) is 11.8 Å². The molecule has 3 heterocycles. The van der Waals surface area contributed by atoms with E-state index in [0.29, 0.717) is 17.9 Å². The Bertz CT molecular complexity index is 1620. The first kappa shape index (κ1) is 24.8. The fraction of sp³-hybridized carbons (Fsp3) is 0.267. The van der Waals surface area contributed by atoms with Crippen molar-refractivity contribution in [2.24, 2.45) is 0 Å². The molecule has 1 unspecified atom stereocenters. The normalized spacial score (nSPS) is 15.0. The average Bonchev–Trinajstić information content (AvgIpc) is 3.42. The lowest BCUT2D eigenvalue weighted by molar-refractivity contribution is 0.200. The third-order valence-electron chi connectivity index (χ3n) is 7.42. The van der Waals surface area contributed by atoms with Gasteiger partial charge in [-0.15, -0.1) is 5.10 Å². The minimum atomic E-state index is -0.398. The van der Waals surface area contributed by atoms with Crippen LogP contribution in [0.2, 0.25) is 0 Å². The number of aromatic amines is 1. The van der Waals surface area contributed by atoms with Crippen molar-refractivity contribution in [1.29, 1.82) is 0 Å². The van der Waals surface area contributed by atoms with Gasteiger partial charge in [0.25, 0.3) is 5.56 Å². The Morgan fingerprint density at radius 1 is 0.949 bits per heavy atom. The van der Waals surface area contributed by atoms with Crippen LogP contribution >= 0.6 is 0 Å². The van der Waals surface area contributed by atoms with Gasteiger partial charge in [0, 0.05) is 42.9 Å². The number of aryl methyl sites for hydroxylation is 1. The highest BCUT2D eigenvalue weighted by Crippen LogP contribution is 2.29. The number of nitrogens with one attached hydrogen (secondary N) is 1. The molecule has 198 valence electrons. The fourth-order valence-corrected chi connectivity index (χ4v) is 5.35. The van der Waals surface area contributed by atoms with Crippen LogP contribution < -0.4 is 15.2 Å². The molecule has 5 aromatic rings. The molecule has 9 nitrogen and oxygen atoms in total. The van der Waals surface area contributed by atoms with Crippen LogP contribution in [0.1, 0.15) is 28.6 Å². The van der Waals surface area contributed by atoms with E-state index in [0.717, 1.165) is 54.0 Å². The highest BCUT2D eigenvalue weighted by atomic mass is 16.5. The van der Waals surface area contributed by atoms with E-state index in [1.165, 1.54) is 5.69 Å². The molecule has 39 heavy (non-hydrogen) atoms. The number of rotatable bonds is 7. The Labute approximate surface area is 226 Å². The minimum Gasteiger partial charge on any atom is -0.497 e. The van der Waals surface area contributed by atoms with Gasteiger partial charge in [-0.2, -0.15) is 0 Å². The summed E-state index contributed by atoms with van der Waals surface area (Å²) in [6.07, 6.45) is 0. The van der Waals surface area contributed by atoms with Crippen LogP contribution in [-0.2, 0) is 6.54 Å². The number of tetrazole rings is 1. The Balaban J connectivity index is 1.38. The molecule has 0 bridgehead atoms. The van der Waals surface area contributed by atoms with Gasteiger partial charge in [0.1, 0.15) is 11.8 Å². The van der Waals surface area contributed by atoms with Crippen molar-refractivity contribution in [2.45, 2.75) is 19.5 Å². The second kappa shape index (κ2) is 10.7. The van der Waals surface area contributed by atoms with Crippen LogP contribution in [0.4, 0.5) is 5.69 Å². The van der Waals surface area contributed by atoms with Crippen molar-refractivity contribution in [1.82, 2.24) is 30.1 Å². The molecule has 1 saturated heterocycles. The summed E-state index contributed by atoms with van der Waals surface area (Å²) in [5.41, 5.74) is 4.72. The van der Waals surface area contributed by atoms with Crippen LogP contribution in [0.5, 0.6) is 5.75 Å².